The Balaban J connectivity index is 1.32. The summed E-state index contributed by atoms with van der Waals surface area (Å²) in [6, 6.07) is 14.9. The Hall–Kier alpha value is -2.65. The lowest BCUT2D eigenvalue weighted by atomic mass is 10.2. The highest BCUT2D eigenvalue weighted by Crippen LogP contribution is 2.32. The molecular weight excluding hydrogens is 396 g/mol. The van der Waals surface area contributed by atoms with Crippen LogP contribution in [0.2, 0.25) is 0 Å². The normalized spacial score (nSPS) is 14.4. The Kier molecular flexibility index (Phi) is 5.45. The van der Waals surface area contributed by atoms with Gasteiger partial charge in [-0.3, -0.25) is 14.9 Å². The van der Waals surface area contributed by atoms with Gasteiger partial charge >= 0.3 is 0 Å². The average molecular weight is 415 g/mol. The fraction of sp³-hybridized carbons (Fsp3) is 0.263. The van der Waals surface area contributed by atoms with E-state index in [0.29, 0.717) is 18.8 Å². The topological polar surface area (TPSA) is 79.6 Å². The fourth-order valence-electron chi connectivity index (χ4n) is 3.14. The Morgan fingerprint density at radius 2 is 1.89 bits per heavy atom. The summed E-state index contributed by atoms with van der Waals surface area (Å²) in [6.07, 6.45) is 0. The first-order chi connectivity index (χ1) is 13.6. The Labute approximate surface area is 170 Å². The lowest BCUT2D eigenvalue weighted by molar-refractivity contribution is -0.384. The number of amides is 1. The van der Waals surface area contributed by atoms with E-state index in [2.05, 4.69) is 22.0 Å². The monoisotopic (exact) mass is 414 g/mol. The van der Waals surface area contributed by atoms with Crippen LogP contribution in [-0.2, 0) is 4.79 Å². The molecule has 0 spiro atoms. The van der Waals surface area contributed by atoms with Gasteiger partial charge in [-0.05, 0) is 18.2 Å². The van der Waals surface area contributed by atoms with Gasteiger partial charge in [0.15, 0.2) is 4.34 Å². The third-order valence-corrected chi connectivity index (χ3v) is 6.78. The first kappa shape index (κ1) is 18.7. The van der Waals surface area contributed by atoms with E-state index in [-0.39, 0.29) is 11.6 Å². The zero-order chi connectivity index (χ0) is 19.5. The number of non-ortho nitro benzene ring substituents is 1. The number of thioether (sulfide) groups is 1. The SMILES string of the molecule is O=C(CSc1nc2ccc([N+](=O)[O-])cc2s1)N1CCN(c2ccccc2)CC1. The van der Waals surface area contributed by atoms with E-state index >= 15 is 0 Å². The summed E-state index contributed by atoms with van der Waals surface area (Å²) < 4.78 is 1.52. The third-order valence-electron chi connectivity index (χ3n) is 4.64. The van der Waals surface area contributed by atoms with Gasteiger partial charge in [0, 0.05) is 44.0 Å². The standard InChI is InChI=1S/C19H18N4O3S2/c24-18(22-10-8-21(9-11-22)14-4-2-1-3-5-14)13-27-19-20-16-7-6-15(23(25)26)12-17(16)28-19/h1-7,12H,8-11,13H2. The zero-order valence-electron chi connectivity index (χ0n) is 15.0. The number of nitrogens with zero attached hydrogens (tertiary/aromatic N) is 4. The van der Waals surface area contributed by atoms with Gasteiger partial charge in [-0.25, -0.2) is 4.98 Å². The predicted molar refractivity (Wildman–Crippen MR) is 112 cm³/mol. The van der Waals surface area contributed by atoms with Crippen molar-refractivity contribution in [2.24, 2.45) is 0 Å². The molecule has 1 saturated heterocycles. The van der Waals surface area contributed by atoms with Gasteiger partial charge in [-0.2, -0.15) is 0 Å². The van der Waals surface area contributed by atoms with Crippen LogP contribution in [-0.4, -0.2) is 52.6 Å². The van der Waals surface area contributed by atoms with Crippen LogP contribution in [0.3, 0.4) is 0 Å². The predicted octanol–water partition coefficient (Wildman–Crippen LogP) is 3.65. The number of para-hydroxylation sites is 1. The number of hydrogen-bond acceptors (Lipinski definition) is 7. The number of carbonyl (C=O) groups is 1. The van der Waals surface area contributed by atoms with Crippen molar-refractivity contribution < 1.29 is 9.72 Å². The Bertz CT molecular complexity index is 1000. The minimum Gasteiger partial charge on any atom is -0.368 e. The molecule has 1 amide bonds. The first-order valence-corrected chi connectivity index (χ1v) is 10.7. The fourth-order valence-corrected chi connectivity index (χ4v) is 5.14. The summed E-state index contributed by atoms with van der Waals surface area (Å²) in [4.78, 5) is 31.7. The summed E-state index contributed by atoms with van der Waals surface area (Å²) in [5, 5.41) is 10.9. The largest absolute Gasteiger partial charge is 0.368 e. The highest BCUT2D eigenvalue weighted by Gasteiger charge is 2.21. The second-order valence-corrected chi connectivity index (χ2v) is 8.63. The molecular formula is C19H18N4O3S2. The van der Waals surface area contributed by atoms with E-state index in [9.17, 15) is 14.9 Å². The number of fused-ring (bicyclic) bond motifs is 1. The molecule has 0 atom stereocenters. The average Bonchev–Trinajstić information content (AvgIpc) is 3.15. The van der Waals surface area contributed by atoms with Gasteiger partial charge in [-0.1, -0.05) is 30.0 Å². The van der Waals surface area contributed by atoms with Crippen molar-refractivity contribution in [2.75, 3.05) is 36.8 Å². The number of aromatic nitrogens is 1. The molecule has 1 aliphatic heterocycles. The molecule has 0 unspecified atom stereocenters. The molecule has 0 radical (unpaired) electrons. The van der Waals surface area contributed by atoms with Crippen molar-refractivity contribution >= 4 is 50.6 Å². The maximum atomic E-state index is 12.5. The van der Waals surface area contributed by atoms with E-state index < -0.39 is 4.92 Å². The molecule has 0 N–H and O–H groups in total. The van der Waals surface area contributed by atoms with Gasteiger partial charge in [0.25, 0.3) is 5.69 Å². The number of nitro groups is 1. The lowest BCUT2D eigenvalue weighted by Crippen LogP contribution is -2.49. The minimum atomic E-state index is -0.412. The number of anilines is 1. The Morgan fingerprint density at radius 3 is 2.61 bits per heavy atom. The number of piperazine rings is 1. The summed E-state index contributed by atoms with van der Waals surface area (Å²) in [7, 11) is 0. The van der Waals surface area contributed by atoms with E-state index in [1.165, 1.54) is 40.9 Å². The van der Waals surface area contributed by atoms with E-state index in [1.807, 2.05) is 23.1 Å². The maximum Gasteiger partial charge on any atom is 0.270 e. The first-order valence-electron chi connectivity index (χ1n) is 8.86. The van der Waals surface area contributed by atoms with Gasteiger partial charge in [0.2, 0.25) is 5.91 Å². The number of rotatable bonds is 5. The molecule has 1 aliphatic rings. The molecule has 144 valence electrons. The molecule has 3 aromatic rings. The van der Waals surface area contributed by atoms with Gasteiger partial charge in [-0.15, -0.1) is 11.3 Å². The quantitative estimate of drug-likeness (QED) is 0.360. The van der Waals surface area contributed by atoms with Crippen molar-refractivity contribution in [1.29, 1.82) is 0 Å². The number of benzene rings is 2. The number of nitro benzene ring substituents is 1. The minimum absolute atomic E-state index is 0.0556. The molecule has 1 fully saturated rings. The highest BCUT2D eigenvalue weighted by molar-refractivity contribution is 8.01. The van der Waals surface area contributed by atoms with Crippen LogP contribution in [0.5, 0.6) is 0 Å². The van der Waals surface area contributed by atoms with Crippen LogP contribution in [0, 0.1) is 10.1 Å². The molecule has 9 heteroatoms. The van der Waals surface area contributed by atoms with Crippen molar-refractivity contribution in [3.05, 3.63) is 58.6 Å². The number of hydrogen-bond donors (Lipinski definition) is 0. The third kappa shape index (κ3) is 4.10. The zero-order valence-corrected chi connectivity index (χ0v) is 16.6. The highest BCUT2D eigenvalue weighted by atomic mass is 32.2. The molecule has 0 bridgehead atoms. The van der Waals surface area contributed by atoms with E-state index in [4.69, 9.17) is 0 Å². The second kappa shape index (κ2) is 8.15. The van der Waals surface area contributed by atoms with Crippen molar-refractivity contribution in [1.82, 2.24) is 9.88 Å². The second-order valence-electron chi connectivity index (χ2n) is 6.38. The maximum absolute atomic E-state index is 12.5. The summed E-state index contributed by atoms with van der Waals surface area (Å²) in [5.74, 6) is 0.427. The smallest absolute Gasteiger partial charge is 0.270 e. The van der Waals surface area contributed by atoms with Crippen LogP contribution in [0.4, 0.5) is 11.4 Å². The molecule has 7 nitrogen and oxygen atoms in total. The van der Waals surface area contributed by atoms with E-state index in [0.717, 1.165) is 27.6 Å². The van der Waals surface area contributed by atoms with Gasteiger partial charge in [0.05, 0.1) is 20.9 Å². The Morgan fingerprint density at radius 1 is 1.14 bits per heavy atom. The number of thiazole rings is 1. The molecule has 0 saturated carbocycles. The van der Waals surface area contributed by atoms with Crippen LogP contribution in [0.25, 0.3) is 10.2 Å². The summed E-state index contributed by atoms with van der Waals surface area (Å²) in [6.45, 7) is 3.07. The van der Waals surface area contributed by atoms with Crippen LogP contribution >= 0.6 is 23.1 Å². The molecule has 1 aromatic heterocycles. The lowest BCUT2D eigenvalue weighted by Gasteiger charge is -2.36. The van der Waals surface area contributed by atoms with Gasteiger partial charge in [0.1, 0.15) is 0 Å². The van der Waals surface area contributed by atoms with Crippen molar-refractivity contribution in [2.45, 2.75) is 4.34 Å². The summed E-state index contributed by atoms with van der Waals surface area (Å²) in [5.41, 5.74) is 1.97. The molecule has 2 heterocycles. The van der Waals surface area contributed by atoms with Crippen LogP contribution in [0.1, 0.15) is 0 Å². The molecule has 28 heavy (non-hydrogen) atoms. The van der Waals surface area contributed by atoms with Crippen LogP contribution in [0.15, 0.2) is 52.9 Å². The van der Waals surface area contributed by atoms with Crippen molar-refractivity contribution in [3.8, 4) is 0 Å². The van der Waals surface area contributed by atoms with E-state index in [1.54, 1.807) is 6.07 Å². The molecule has 0 aliphatic carbocycles. The summed E-state index contributed by atoms with van der Waals surface area (Å²) >= 11 is 2.78. The van der Waals surface area contributed by atoms with Gasteiger partial charge < -0.3 is 9.80 Å². The molecule has 2 aromatic carbocycles. The van der Waals surface area contributed by atoms with Crippen molar-refractivity contribution in [3.63, 3.8) is 0 Å². The van der Waals surface area contributed by atoms with Crippen LogP contribution < -0.4 is 4.90 Å². The molecule has 4 rings (SSSR count). The number of carbonyl (C=O) groups excluding carboxylic acids is 1.